The van der Waals surface area contributed by atoms with Gasteiger partial charge in [-0.25, -0.2) is 4.79 Å². The molecule has 0 aliphatic carbocycles. The number of unbranched alkanes of at least 4 members (excludes halogenated alkanes) is 1. The molecule has 0 radical (unpaired) electrons. The molecular weight excluding hydrogens is 590 g/mol. The summed E-state index contributed by atoms with van der Waals surface area (Å²) >= 11 is 0. The predicted octanol–water partition coefficient (Wildman–Crippen LogP) is 7.12. The van der Waals surface area contributed by atoms with Crippen LogP contribution in [0.3, 0.4) is 0 Å². The van der Waals surface area contributed by atoms with Crippen LogP contribution in [0.5, 0.6) is 5.75 Å². The van der Waals surface area contributed by atoms with Crippen molar-refractivity contribution in [3.05, 3.63) is 131 Å². The Morgan fingerprint density at radius 1 is 0.787 bits per heavy atom. The number of benzene rings is 4. The summed E-state index contributed by atoms with van der Waals surface area (Å²) in [6.07, 6.45) is 5.40. The molecule has 4 aromatic carbocycles. The van der Waals surface area contributed by atoms with Crippen molar-refractivity contribution in [1.82, 2.24) is 10.6 Å². The van der Waals surface area contributed by atoms with Crippen molar-refractivity contribution in [1.29, 1.82) is 0 Å². The molecule has 0 saturated carbocycles. The summed E-state index contributed by atoms with van der Waals surface area (Å²) in [5.74, 6) is 0.553. The van der Waals surface area contributed by atoms with Gasteiger partial charge in [-0.3, -0.25) is 4.79 Å². The van der Waals surface area contributed by atoms with Crippen LogP contribution in [0.2, 0.25) is 0 Å². The number of rotatable bonds is 20. The van der Waals surface area contributed by atoms with E-state index in [2.05, 4.69) is 47.1 Å². The van der Waals surface area contributed by atoms with Crippen molar-refractivity contribution in [2.45, 2.75) is 70.8 Å². The van der Waals surface area contributed by atoms with Crippen LogP contribution in [0.25, 0.3) is 0 Å². The zero-order chi connectivity index (χ0) is 33.1. The molecule has 0 saturated heterocycles. The molecule has 0 spiro atoms. The van der Waals surface area contributed by atoms with Gasteiger partial charge in [0.1, 0.15) is 19.0 Å². The van der Waals surface area contributed by atoms with Gasteiger partial charge < -0.3 is 30.5 Å². The van der Waals surface area contributed by atoms with E-state index in [9.17, 15) is 14.7 Å². The second kappa shape index (κ2) is 19.8. The summed E-state index contributed by atoms with van der Waals surface area (Å²) < 4.78 is 11.2. The van der Waals surface area contributed by atoms with E-state index in [4.69, 9.17) is 9.47 Å². The standard InChI is InChI=1S/C39H47N3O5/c1-30(41-26-37(44)35-22-23-38(36(25-35)42-29-43)46-27-33-13-4-2-5-14-33)11-10-17-32-20-18-31(19-21-32)12-8-9-24-40-39(45)47-28-34-15-6-3-7-16-34/h2-7,13-16,18-23,25,29-30,37,41,44H,8-12,17,24,26-28H2,1H3,(H,40,45)(H,42,43). The Kier molecular flexibility index (Phi) is 14.8. The number of anilines is 1. The molecule has 248 valence electrons. The number of hydrogen-bond acceptors (Lipinski definition) is 6. The maximum atomic E-state index is 11.9. The lowest BCUT2D eigenvalue weighted by molar-refractivity contribution is -0.105. The average Bonchev–Trinajstić information content (AvgIpc) is 3.10. The number of hydrogen-bond donors (Lipinski definition) is 4. The number of aliphatic hydroxyl groups is 1. The zero-order valence-electron chi connectivity index (χ0n) is 27.2. The third kappa shape index (κ3) is 12.9. The lowest BCUT2D eigenvalue weighted by Crippen LogP contribution is -2.30. The minimum absolute atomic E-state index is 0.245. The first kappa shape index (κ1) is 35.2. The van der Waals surface area contributed by atoms with Crippen LogP contribution >= 0.6 is 0 Å². The van der Waals surface area contributed by atoms with Crippen LogP contribution in [0.1, 0.15) is 66.5 Å². The minimum Gasteiger partial charge on any atom is -0.487 e. The fourth-order valence-corrected chi connectivity index (χ4v) is 5.23. The molecule has 0 heterocycles. The molecule has 0 fully saturated rings. The second-order valence-corrected chi connectivity index (χ2v) is 11.8. The summed E-state index contributed by atoms with van der Waals surface area (Å²) in [5.41, 5.74) is 5.85. The van der Waals surface area contributed by atoms with Crippen LogP contribution in [0.15, 0.2) is 103 Å². The molecule has 8 nitrogen and oxygen atoms in total. The van der Waals surface area contributed by atoms with E-state index < -0.39 is 6.10 Å². The lowest BCUT2D eigenvalue weighted by atomic mass is 10.0. The van der Waals surface area contributed by atoms with Crippen molar-refractivity contribution in [3.63, 3.8) is 0 Å². The first-order valence-corrected chi connectivity index (χ1v) is 16.4. The summed E-state index contributed by atoms with van der Waals surface area (Å²) in [6.45, 7) is 3.80. The van der Waals surface area contributed by atoms with Gasteiger partial charge in [-0.05, 0) is 85.4 Å². The quantitative estimate of drug-likeness (QED) is 0.0607. The van der Waals surface area contributed by atoms with E-state index in [1.54, 1.807) is 12.1 Å². The number of aliphatic hydroxyl groups excluding tert-OH is 1. The fraction of sp³-hybridized carbons (Fsp3) is 0.333. The normalized spacial score (nSPS) is 12.1. The number of carbonyl (C=O) groups is 2. The third-order valence-corrected chi connectivity index (χ3v) is 8.00. The van der Waals surface area contributed by atoms with E-state index >= 15 is 0 Å². The molecule has 4 N–H and O–H groups in total. The highest BCUT2D eigenvalue weighted by Crippen LogP contribution is 2.29. The van der Waals surface area contributed by atoms with Gasteiger partial charge in [-0.15, -0.1) is 0 Å². The highest BCUT2D eigenvalue weighted by molar-refractivity contribution is 5.76. The van der Waals surface area contributed by atoms with E-state index in [-0.39, 0.29) is 18.7 Å². The molecule has 4 rings (SSSR count). The highest BCUT2D eigenvalue weighted by Gasteiger charge is 2.13. The van der Waals surface area contributed by atoms with Gasteiger partial charge in [0.05, 0.1) is 11.8 Å². The number of aryl methyl sites for hydroxylation is 2. The van der Waals surface area contributed by atoms with Crippen molar-refractivity contribution >= 4 is 18.2 Å². The number of alkyl carbamates (subject to hydrolysis) is 1. The molecule has 0 bridgehead atoms. The Hall–Kier alpha value is -4.66. The van der Waals surface area contributed by atoms with Crippen LogP contribution in [-0.2, 0) is 35.6 Å². The molecule has 8 heteroatoms. The van der Waals surface area contributed by atoms with Crippen molar-refractivity contribution in [2.24, 2.45) is 0 Å². The maximum Gasteiger partial charge on any atom is 0.407 e. The van der Waals surface area contributed by atoms with E-state index in [0.717, 1.165) is 49.7 Å². The number of amides is 2. The van der Waals surface area contributed by atoms with E-state index in [0.29, 0.717) is 43.1 Å². The van der Waals surface area contributed by atoms with E-state index in [1.165, 1.54) is 11.1 Å². The molecule has 2 atom stereocenters. The molecule has 47 heavy (non-hydrogen) atoms. The van der Waals surface area contributed by atoms with E-state index in [1.807, 2.05) is 66.7 Å². The third-order valence-electron chi connectivity index (χ3n) is 8.00. The molecule has 4 aromatic rings. The first-order chi connectivity index (χ1) is 23.0. The largest absolute Gasteiger partial charge is 0.487 e. The Bertz CT molecular complexity index is 1480. The van der Waals surface area contributed by atoms with Crippen molar-refractivity contribution in [3.8, 4) is 5.75 Å². The zero-order valence-corrected chi connectivity index (χ0v) is 27.2. The van der Waals surface area contributed by atoms with Crippen molar-refractivity contribution in [2.75, 3.05) is 18.4 Å². The van der Waals surface area contributed by atoms with Crippen molar-refractivity contribution < 1.29 is 24.2 Å². The summed E-state index contributed by atoms with van der Waals surface area (Å²) in [4.78, 5) is 23.1. The Morgan fingerprint density at radius 2 is 1.43 bits per heavy atom. The Balaban J connectivity index is 1.08. The first-order valence-electron chi connectivity index (χ1n) is 16.4. The molecule has 0 aliphatic rings. The number of ether oxygens (including phenoxy) is 2. The summed E-state index contributed by atoms with van der Waals surface area (Å²) in [6, 6.07) is 33.9. The fourth-order valence-electron chi connectivity index (χ4n) is 5.23. The van der Waals surface area contributed by atoms with Gasteiger partial charge in [0.2, 0.25) is 6.41 Å². The SMILES string of the molecule is CC(CCCc1ccc(CCCCNC(=O)OCc2ccccc2)cc1)NCC(O)c1ccc(OCc2ccccc2)c(NC=O)c1. The molecule has 0 aromatic heterocycles. The van der Waals surface area contributed by atoms with Gasteiger partial charge in [0.25, 0.3) is 0 Å². The van der Waals surface area contributed by atoms with Gasteiger partial charge in [-0.2, -0.15) is 0 Å². The van der Waals surface area contributed by atoms with Gasteiger partial charge >= 0.3 is 6.09 Å². The Morgan fingerprint density at radius 3 is 2.09 bits per heavy atom. The smallest absolute Gasteiger partial charge is 0.407 e. The van der Waals surface area contributed by atoms with Crippen LogP contribution in [-0.4, -0.2) is 36.7 Å². The molecule has 2 amide bonds. The summed E-state index contributed by atoms with van der Waals surface area (Å²) in [5, 5.41) is 19.8. The molecule has 2 unspecified atom stereocenters. The second-order valence-electron chi connectivity index (χ2n) is 11.8. The minimum atomic E-state index is -0.718. The Labute approximate surface area is 278 Å². The topological polar surface area (TPSA) is 109 Å². The predicted molar refractivity (Wildman–Crippen MR) is 186 cm³/mol. The number of carbonyl (C=O) groups excluding carboxylic acids is 2. The highest BCUT2D eigenvalue weighted by atomic mass is 16.5. The summed E-state index contributed by atoms with van der Waals surface area (Å²) in [7, 11) is 0. The van der Waals surface area contributed by atoms with Crippen LogP contribution < -0.4 is 20.7 Å². The average molecular weight is 638 g/mol. The molecular formula is C39H47N3O5. The lowest BCUT2D eigenvalue weighted by Gasteiger charge is -2.19. The van der Waals surface area contributed by atoms with Crippen LogP contribution in [0, 0.1) is 0 Å². The van der Waals surface area contributed by atoms with Gasteiger partial charge in [-0.1, -0.05) is 91.0 Å². The van der Waals surface area contributed by atoms with Gasteiger partial charge in [0.15, 0.2) is 0 Å². The van der Waals surface area contributed by atoms with Crippen LogP contribution in [0.4, 0.5) is 10.5 Å². The molecule has 0 aliphatic heterocycles. The maximum absolute atomic E-state index is 11.9. The number of nitrogens with one attached hydrogen (secondary N) is 3. The monoisotopic (exact) mass is 637 g/mol. The van der Waals surface area contributed by atoms with Gasteiger partial charge in [0, 0.05) is 19.1 Å².